The second-order valence-electron chi connectivity index (χ2n) is 6.41. The molecule has 3 nitrogen and oxygen atoms in total. The Hall–Kier alpha value is -3.07. The number of aryl methyl sites for hydroxylation is 2. The molecular formula is C22H21N3+2. The molecule has 2 aromatic heterocycles. The van der Waals surface area contributed by atoms with Crippen molar-refractivity contribution in [3.63, 3.8) is 0 Å². The van der Waals surface area contributed by atoms with Gasteiger partial charge in [-0.3, -0.25) is 0 Å². The number of aromatic nitrogens is 3. The molecule has 0 unspecified atom stereocenters. The van der Waals surface area contributed by atoms with Crippen molar-refractivity contribution in [2.45, 2.75) is 13.8 Å². The maximum absolute atomic E-state index is 4.21. The van der Waals surface area contributed by atoms with Gasteiger partial charge in [0.25, 0.3) is 6.33 Å². The molecule has 0 bridgehead atoms. The first kappa shape index (κ1) is 15.5. The highest BCUT2D eigenvalue weighted by atomic mass is 15.0. The molecule has 0 aliphatic carbocycles. The van der Waals surface area contributed by atoms with E-state index in [1.807, 2.05) is 19.6 Å². The maximum atomic E-state index is 4.21. The van der Waals surface area contributed by atoms with E-state index >= 15 is 0 Å². The Bertz CT molecular complexity index is 1080. The standard InChI is InChI=1S/C22H21N3/c1-16-8-6-7-13-25(16)22-17(2)20(21-11-12-23-15-24(21)3)14-18-9-4-5-10-19(18)22/h4-15H,1-3H3/q+2. The highest BCUT2D eigenvalue weighted by Crippen LogP contribution is 2.31. The number of fused-ring (bicyclic) bond motifs is 1. The van der Waals surface area contributed by atoms with E-state index in [1.165, 1.54) is 33.3 Å². The molecule has 0 atom stereocenters. The molecule has 0 aliphatic rings. The number of hydrogen-bond acceptors (Lipinski definition) is 1. The van der Waals surface area contributed by atoms with E-state index in [0.29, 0.717) is 0 Å². The van der Waals surface area contributed by atoms with Crippen LogP contribution in [0.1, 0.15) is 11.3 Å². The molecule has 2 aromatic carbocycles. The predicted octanol–water partition coefficient (Wildman–Crippen LogP) is 3.62. The molecule has 25 heavy (non-hydrogen) atoms. The van der Waals surface area contributed by atoms with E-state index in [0.717, 1.165) is 5.69 Å². The van der Waals surface area contributed by atoms with Gasteiger partial charge in [0.15, 0.2) is 11.9 Å². The molecule has 0 fully saturated rings. The van der Waals surface area contributed by atoms with Crippen molar-refractivity contribution in [1.29, 1.82) is 0 Å². The van der Waals surface area contributed by atoms with Crippen LogP contribution in [0.15, 0.2) is 73.3 Å². The van der Waals surface area contributed by atoms with Crippen LogP contribution >= 0.6 is 0 Å². The Labute approximate surface area is 147 Å². The molecule has 122 valence electrons. The summed E-state index contributed by atoms with van der Waals surface area (Å²) in [5.41, 5.74) is 6.11. The van der Waals surface area contributed by atoms with Crippen LogP contribution in [-0.4, -0.2) is 4.98 Å². The summed E-state index contributed by atoms with van der Waals surface area (Å²) in [6, 6.07) is 19.3. The topological polar surface area (TPSA) is 20.6 Å². The SMILES string of the molecule is Cc1c(-c2ccnc[n+]2C)cc2ccccc2c1-[n+]1ccccc1C. The Morgan fingerprint density at radius 2 is 1.72 bits per heavy atom. The Morgan fingerprint density at radius 3 is 2.52 bits per heavy atom. The summed E-state index contributed by atoms with van der Waals surface area (Å²) in [7, 11) is 2.04. The maximum Gasteiger partial charge on any atom is 0.286 e. The van der Waals surface area contributed by atoms with Crippen LogP contribution in [-0.2, 0) is 7.05 Å². The minimum absolute atomic E-state index is 1.16. The lowest BCUT2D eigenvalue weighted by atomic mass is 9.96. The summed E-state index contributed by atoms with van der Waals surface area (Å²) in [5, 5.41) is 2.51. The second-order valence-corrected chi connectivity index (χ2v) is 6.41. The van der Waals surface area contributed by atoms with Gasteiger partial charge in [-0.25, -0.2) is 4.57 Å². The summed E-state index contributed by atoms with van der Waals surface area (Å²) in [4.78, 5) is 4.21. The highest BCUT2D eigenvalue weighted by Gasteiger charge is 2.22. The fourth-order valence-corrected chi connectivity index (χ4v) is 3.50. The zero-order chi connectivity index (χ0) is 17.4. The zero-order valence-electron chi connectivity index (χ0n) is 14.8. The number of benzene rings is 2. The van der Waals surface area contributed by atoms with Crippen LogP contribution in [0.25, 0.3) is 27.7 Å². The summed E-state index contributed by atoms with van der Waals surface area (Å²) in [6.07, 6.45) is 5.84. The van der Waals surface area contributed by atoms with Crippen molar-refractivity contribution in [3.05, 3.63) is 84.6 Å². The molecule has 3 heteroatoms. The first-order valence-electron chi connectivity index (χ1n) is 8.47. The van der Waals surface area contributed by atoms with Gasteiger partial charge >= 0.3 is 0 Å². The molecule has 4 aromatic rings. The molecule has 2 heterocycles. The van der Waals surface area contributed by atoms with Gasteiger partial charge in [0, 0.05) is 36.2 Å². The molecule has 0 aliphatic heterocycles. The third-order valence-electron chi connectivity index (χ3n) is 4.79. The number of pyridine rings is 1. The van der Waals surface area contributed by atoms with E-state index in [9.17, 15) is 0 Å². The minimum Gasteiger partial charge on any atom is -0.233 e. The first-order valence-corrected chi connectivity index (χ1v) is 8.47. The van der Waals surface area contributed by atoms with Gasteiger partial charge < -0.3 is 0 Å². The van der Waals surface area contributed by atoms with Crippen molar-refractivity contribution in [3.8, 4) is 16.9 Å². The van der Waals surface area contributed by atoms with Gasteiger partial charge in [0.05, 0.1) is 12.4 Å². The van der Waals surface area contributed by atoms with Crippen LogP contribution < -0.4 is 9.13 Å². The summed E-state index contributed by atoms with van der Waals surface area (Å²) < 4.78 is 4.35. The lowest BCUT2D eigenvalue weighted by Gasteiger charge is -2.12. The van der Waals surface area contributed by atoms with Crippen molar-refractivity contribution < 1.29 is 9.13 Å². The molecular weight excluding hydrogens is 306 g/mol. The molecule has 0 amide bonds. The van der Waals surface area contributed by atoms with Gasteiger partial charge in [-0.15, -0.1) is 0 Å². The Kier molecular flexibility index (Phi) is 3.77. The second kappa shape index (κ2) is 6.10. The average molecular weight is 327 g/mol. The van der Waals surface area contributed by atoms with Crippen molar-refractivity contribution in [2.24, 2.45) is 7.05 Å². The molecule has 0 radical (unpaired) electrons. The molecule has 0 N–H and O–H groups in total. The largest absolute Gasteiger partial charge is 0.286 e. The van der Waals surface area contributed by atoms with Crippen molar-refractivity contribution in [1.82, 2.24) is 4.98 Å². The molecule has 0 saturated carbocycles. The van der Waals surface area contributed by atoms with Crippen LogP contribution in [0.5, 0.6) is 0 Å². The molecule has 0 saturated heterocycles. The third kappa shape index (κ3) is 2.58. The Morgan fingerprint density at radius 1 is 0.920 bits per heavy atom. The van der Waals surface area contributed by atoms with Crippen LogP contribution in [0.4, 0.5) is 0 Å². The fraction of sp³-hybridized carbons (Fsp3) is 0.136. The van der Waals surface area contributed by atoms with E-state index in [1.54, 1.807) is 0 Å². The van der Waals surface area contributed by atoms with Gasteiger partial charge in [0.2, 0.25) is 5.69 Å². The summed E-state index contributed by atoms with van der Waals surface area (Å²) >= 11 is 0. The monoisotopic (exact) mass is 327 g/mol. The minimum atomic E-state index is 1.16. The average Bonchev–Trinajstić information content (AvgIpc) is 2.63. The molecule has 0 spiro atoms. The van der Waals surface area contributed by atoms with Crippen LogP contribution in [0.3, 0.4) is 0 Å². The van der Waals surface area contributed by atoms with Gasteiger partial charge in [-0.1, -0.05) is 29.2 Å². The highest BCUT2D eigenvalue weighted by molar-refractivity contribution is 5.94. The van der Waals surface area contributed by atoms with E-state index in [2.05, 4.69) is 88.8 Å². The van der Waals surface area contributed by atoms with E-state index < -0.39 is 0 Å². The zero-order valence-corrected chi connectivity index (χ0v) is 14.8. The quantitative estimate of drug-likeness (QED) is 0.515. The smallest absolute Gasteiger partial charge is 0.233 e. The number of hydrogen-bond donors (Lipinski definition) is 0. The van der Waals surface area contributed by atoms with E-state index in [4.69, 9.17) is 0 Å². The number of rotatable bonds is 2. The predicted molar refractivity (Wildman–Crippen MR) is 99.4 cm³/mol. The van der Waals surface area contributed by atoms with Crippen molar-refractivity contribution in [2.75, 3.05) is 0 Å². The first-order chi connectivity index (χ1) is 12.2. The lowest BCUT2D eigenvalue weighted by Crippen LogP contribution is -2.36. The van der Waals surface area contributed by atoms with Gasteiger partial charge in [-0.05, 0) is 24.4 Å². The normalized spacial score (nSPS) is 11.0. The van der Waals surface area contributed by atoms with Gasteiger partial charge in [0.1, 0.15) is 11.9 Å². The summed E-state index contributed by atoms with van der Waals surface area (Å²) in [6.45, 7) is 4.35. The fourth-order valence-electron chi connectivity index (χ4n) is 3.50. The van der Waals surface area contributed by atoms with Crippen LogP contribution in [0.2, 0.25) is 0 Å². The third-order valence-corrected chi connectivity index (χ3v) is 4.79. The van der Waals surface area contributed by atoms with Gasteiger partial charge in [-0.2, -0.15) is 4.57 Å². The van der Waals surface area contributed by atoms with E-state index in [-0.39, 0.29) is 0 Å². The Balaban J connectivity index is 2.13. The summed E-state index contributed by atoms with van der Waals surface area (Å²) in [5.74, 6) is 0. The van der Waals surface area contributed by atoms with Crippen molar-refractivity contribution >= 4 is 10.8 Å². The lowest BCUT2D eigenvalue weighted by molar-refractivity contribution is -0.663. The molecule has 4 rings (SSSR count). The van der Waals surface area contributed by atoms with Crippen LogP contribution in [0, 0.1) is 13.8 Å². The number of nitrogens with zero attached hydrogens (tertiary/aromatic N) is 3.